The lowest BCUT2D eigenvalue weighted by Crippen LogP contribution is -2.48. The summed E-state index contributed by atoms with van der Waals surface area (Å²) in [7, 11) is 4.39. The Labute approximate surface area is 119 Å². The second-order valence-electron chi connectivity index (χ2n) is 7.24. The molecule has 0 radical (unpaired) electrons. The molecule has 0 aromatic heterocycles. The Kier molecular flexibility index (Phi) is 5.27. The molecule has 1 heterocycles. The SMILES string of the molecule is CC(C)OCC1(CN2CCCC[C@H]2CN(C)C)CC1. The van der Waals surface area contributed by atoms with Crippen LogP contribution in [0.1, 0.15) is 46.0 Å². The normalized spacial score (nSPS) is 27.2. The largest absolute Gasteiger partial charge is 0.378 e. The Bertz CT molecular complexity index is 274. The van der Waals surface area contributed by atoms with Crippen LogP contribution in [0.4, 0.5) is 0 Å². The van der Waals surface area contributed by atoms with Crippen LogP contribution >= 0.6 is 0 Å². The number of piperidine rings is 1. The molecule has 2 fully saturated rings. The first-order valence-electron chi connectivity index (χ1n) is 8.01. The number of rotatable bonds is 7. The van der Waals surface area contributed by atoms with Crippen molar-refractivity contribution in [1.29, 1.82) is 0 Å². The maximum atomic E-state index is 5.89. The van der Waals surface area contributed by atoms with Crippen molar-refractivity contribution >= 4 is 0 Å². The highest BCUT2D eigenvalue weighted by atomic mass is 16.5. The van der Waals surface area contributed by atoms with Crippen LogP contribution in [0.2, 0.25) is 0 Å². The van der Waals surface area contributed by atoms with Crippen LogP contribution in [0.25, 0.3) is 0 Å². The van der Waals surface area contributed by atoms with Crippen molar-refractivity contribution < 1.29 is 4.74 Å². The summed E-state index contributed by atoms with van der Waals surface area (Å²) in [4.78, 5) is 5.09. The molecule has 0 unspecified atom stereocenters. The van der Waals surface area contributed by atoms with E-state index in [-0.39, 0.29) is 0 Å². The Morgan fingerprint density at radius 3 is 2.58 bits per heavy atom. The van der Waals surface area contributed by atoms with Gasteiger partial charge in [0.15, 0.2) is 0 Å². The Morgan fingerprint density at radius 1 is 1.26 bits per heavy atom. The van der Waals surface area contributed by atoms with Crippen molar-refractivity contribution in [2.24, 2.45) is 5.41 Å². The van der Waals surface area contributed by atoms with E-state index in [9.17, 15) is 0 Å². The molecular weight excluding hydrogens is 236 g/mol. The van der Waals surface area contributed by atoms with E-state index in [1.54, 1.807) is 0 Å². The van der Waals surface area contributed by atoms with Gasteiger partial charge in [0.2, 0.25) is 0 Å². The lowest BCUT2D eigenvalue weighted by Gasteiger charge is -2.39. The zero-order valence-electron chi connectivity index (χ0n) is 13.3. The van der Waals surface area contributed by atoms with E-state index in [1.165, 1.54) is 51.7 Å². The first-order chi connectivity index (χ1) is 9.01. The van der Waals surface area contributed by atoms with Gasteiger partial charge in [-0.3, -0.25) is 4.90 Å². The Morgan fingerprint density at radius 2 is 2.00 bits per heavy atom. The second-order valence-corrected chi connectivity index (χ2v) is 7.24. The molecule has 2 rings (SSSR count). The van der Waals surface area contributed by atoms with Gasteiger partial charge in [0.1, 0.15) is 0 Å². The fourth-order valence-corrected chi connectivity index (χ4v) is 3.20. The van der Waals surface area contributed by atoms with E-state index in [0.29, 0.717) is 11.5 Å². The summed E-state index contributed by atoms with van der Waals surface area (Å²) in [5.41, 5.74) is 0.492. The smallest absolute Gasteiger partial charge is 0.0538 e. The van der Waals surface area contributed by atoms with Crippen LogP contribution in [-0.2, 0) is 4.74 Å². The third kappa shape index (κ3) is 4.73. The van der Waals surface area contributed by atoms with Gasteiger partial charge in [-0.2, -0.15) is 0 Å². The molecule has 112 valence electrons. The van der Waals surface area contributed by atoms with Crippen LogP contribution in [0, 0.1) is 5.41 Å². The summed E-state index contributed by atoms with van der Waals surface area (Å²) in [5.74, 6) is 0. The van der Waals surface area contributed by atoms with Crippen molar-refractivity contribution in [1.82, 2.24) is 9.80 Å². The van der Waals surface area contributed by atoms with Gasteiger partial charge in [-0.1, -0.05) is 6.42 Å². The fraction of sp³-hybridized carbons (Fsp3) is 1.00. The van der Waals surface area contributed by atoms with E-state index < -0.39 is 0 Å². The minimum atomic E-state index is 0.372. The average molecular weight is 268 g/mol. The van der Waals surface area contributed by atoms with Gasteiger partial charge in [0, 0.05) is 24.5 Å². The third-order valence-electron chi connectivity index (χ3n) is 4.54. The molecule has 1 saturated heterocycles. The molecular formula is C16H32N2O. The number of hydrogen-bond acceptors (Lipinski definition) is 3. The summed E-state index contributed by atoms with van der Waals surface area (Å²) < 4.78 is 5.89. The third-order valence-corrected chi connectivity index (χ3v) is 4.54. The quantitative estimate of drug-likeness (QED) is 0.706. The van der Waals surface area contributed by atoms with Crippen molar-refractivity contribution in [2.45, 2.75) is 58.1 Å². The number of nitrogens with zero attached hydrogens (tertiary/aromatic N) is 2. The monoisotopic (exact) mass is 268 g/mol. The maximum absolute atomic E-state index is 5.89. The van der Waals surface area contributed by atoms with Gasteiger partial charge in [0.25, 0.3) is 0 Å². The zero-order chi connectivity index (χ0) is 13.9. The summed E-state index contributed by atoms with van der Waals surface area (Å²) in [6.45, 7) is 9.02. The standard InChI is InChI=1S/C16H32N2O/c1-14(2)19-13-16(8-9-16)12-18-10-6-5-7-15(18)11-17(3)4/h14-15H,5-13H2,1-4H3/t15-/m0/s1. The van der Waals surface area contributed by atoms with Crippen molar-refractivity contribution in [2.75, 3.05) is 40.3 Å². The molecule has 1 atom stereocenters. The predicted molar refractivity (Wildman–Crippen MR) is 80.5 cm³/mol. The highest BCUT2D eigenvalue weighted by molar-refractivity contribution is 4.97. The van der Waals surface area contributed by atoms with Crippen molar-refractivity contribution in [3.63, 3.8) is 0 Å². The van der Waals surface area contributed by atoms with Gasteiger partial charge in [0.05, 0.1) is 12.7 Å². The van der Waals surface area contributed by atoms with Gasteiger partial charge in [-0.05, 0) is 60.2 Å². The minimum Gasteiger partial charge on any atom is -0.378 e. The first kappa shape index (κ1) is 15.3. The van der Waals surface area contributed by atoms with Gasteiger partial charge in [-0.15, -0.1) is 0 Å². The summed E-state index contributed by atoms with van der Waals surface area (Å²) >= 11 is 0. The summed E-state index contributed by atoms with van der Waals surface area (Å²) in [6, 6.07) is 0.764. The van der Waals surface area contributed by atoms with E-state index >= 15 is 0 Å². The lowest BCUT2D eigenvalue weighted by atomic mass is 9.98. The molecule has 1 aliphatic carbocycles. The molecule has 0 N–H and O–H groups in total. The van der Waals surface area contributed by atoms with E-state index in [4.69, 9.17) is 4.74 Å². The highest BCUT2D eigenvalue weighted by Crippen LogP contribution is 2.47. The molecule has 0 aromatic carbocycles. The Hall–Kier alpha value is -0.120. The fourth-order valence-electron chi connectivity index (χ4n) is 3.20. The highest BCUT2D eigenvalue weighted by Gasteiger charge is 2.45. The molecule has 3 heteroatoms. The topological polar surface area (TPSA) is 15.7 Å². The van der Waals surface area contributed by atoms with Crippen LogP contribution in [-0.4, -0.2) is 62.3 Å². The molecule has 2 aliphatic rings. The summed E-state index contributed by atoms with van der Waals surface area (Å²) in [6.07, 6.45) is 7.27. The van der Waals surface area contributed by atoms with Crippen molar-refractivity contribution in [3.8, 4) is 0 Å². The molecule has 19 heavy (non-hydrogen) atoms. The number of ether oxygens (including phenoxy) is 1. The van der Waals surface area contributed by atoms with E-state index in [1.807, 2.05) is 0 Å². The summed E-state index contributed by atoms with van der Waals surface area (Å²) in [5, 5.41) is 0. The van der Waals surface area contributed by atoms with Gasteiger partial charge < -0.3 is 9.64 Å². The number of hydrogen-bond donors (Lipinski definition) is 0. The van der Waals surface area contributed by atoms with Gasteiger partial charge >= 0.3 is 0 Å². The van der Waals surface area contributed by atoms with Crippen LogP contribution in [0.5, 0.6) is 0 Å². The Balaban J connectivity index is 1.85. The predicted octanol–water partition coefficient (Wildman–Crippen LogP) is 2.61. The zero-order valence-corrected chi connectivity index (χ0v) is 13.3. The molecule has 0 amide bonds. The average Bonchev–Trinajstić information content (AvgIpc) is 3.09. The molecule has 0 bridgehead atoms. The van der Waals surface area contributed by atoms with E-state index in [0.717, 1.165) is 12.6 Å². The van der Waals surface area contributed by atoms with Crippen LogP contribution < -0.4 is 0 Å². The first-order valence-corrected chi connectivity index (χ1v) is 8.01. The number of likely N-dealkylation sites (tertiary alicyclic amines) is 1. The molecule has 0 spiro atoms. The number of likely N-dealkylation sites (N-methyl/N-ethyl adjacent to an activating group) is 1. The van der Waals surface area contributed by atoms with Gasteiger partial charge in [-0.25, -0.2) is 0 Å². The van der Waals surface area contributed by atoms with E-state index in [2.05, 4.69) is 37.7 Å². The van der Waals surface area contributed by atoms with Crippen molar-refractivity contribution in [3.05, 3.63) is 0 Å². The molecule has 1 aliphatic heterocycles. The van der Waals surface area contributed by atoms with Crippen LogP contribution in [0.15, 0.2) is 0 Å². The molecule has 0 aromatic rings. The molecule has 1 saturated carbocycles. The second kappa shape index (κ2) is 6.55. The molecule has 3 nitrogen and oxygen atoms in total. The maximum Gasteiger partial charge on any atom is 0.0538 e. The van der Waals surface area contributed by atoms with Crippen LogP contribution in [0.3, 0.4) is 0 Å². The lowest BCUT2D eigenvalue weighted by molar-refractivity contribution is 0.0169. The minimum absolute atomic E-state index is 0.372.